The number of aromatic hydroxyl groups is 3. The standard InChI is InChI=1S/C66H75Cl2N9O24/c1-23(2)12-34(71-5)58(88)76-49-51(83)26-7-10-38(32(67)14-26)97-40-16-28-17-41(56(40)101-65-54(86)53(85)52(84)42(22-78)99-65)98-39-11-8-27(15-33(39)68)55(100-44-21-66(4,70)57(87)24(3)96-44)50-63(93)75-48(64(94)95)31-18-29(79)19-37(81)45(31)30-13-25(6-9-36(30)80)46(60(90)77-50)74-61(91)47(28)73-59(89)35(20-43(69)82)72-62(49)92/h6-11,13-19,23-24,34-35,42,44,46-55,57,65,71,78-81,83-87H,12,20-22,70H2,1-5H3,(H2,69,82)(H,72,92)(H,73,89)(H,74,91)(H,75,93)(H,76,88)(H,77,90)(H,94,95)/t24-,34+,35-,42+,44-,46+,47+,48+,49+,50?,51+,52+,53-,54+,55?,57-,65?,66-/m0/s1. The minimum absolute atomic E-state index is 0.0953. The lowest BCUT2D eigenvalue weighted by Gasteiger charge is -2.44. The summed E-state index contributed by atoms with van der Waals surface area (Å²) < 4.78 is 38.0. The van der Waals surface area contributed by atoms with E-state index in [-0.39, 0.29) is 52.0 Å². The number of hydrogen-bond donors (Lipinski definition) is 19. The maximum Gasteiger partial charge on any atom is 0.330 e. The summed E-state index contributed by atoms with van der Waals surface area (Å²) in [6.45, 7) is 5.60. The fraction of sp³-hybridized carbons (Fsp3) is 0.424. The van der Waals surface area contributed by atoms with Gasteiger partial charge in [-0.05, 0) is 110 Å². The minimum atomic E-state index is -2.35. The number of carboxylic acids is 1. The van der Waals surface area contributed by atoms with Crippen LogP contribution in [0.2, 0.25) is 10.0 Å². The normalized spacial score (nSPS) is 29.4. The number of amides is 7. The molecule has 7 aliphatic rings. The average Bonchev–Trinajstić information content (AvgIpc) is 0.770. The number of primary amides is 1. The number of halogens is 2. The van der Waals surface area contributed by atoms with Gasteiger partial charge in [0.2, 0.25) is 53.4 Å². The number of carbonyl (C=O) groups is 8. The zero-order valence-electron chi connectivity index (χ0n) is 54.3. The van der Waals surface area contributed by atoms with Crippen molar-refractivity contribution < 1.29 is 118 Å². The maximum atomic E-state index is 16.1. The molecule has 12 rings (SSSR count). The molecule has 35 heteroatoms. The van der Waals surface area contributed by atoms with Gasteiger partial charge in [-0.2, -0.15) is 0 Å². The van der Waals surface area contributed by atoms with E-state index in [1.54, 1.807) is 0 Å². The molecule has 18 atom stereocenters. The molecule has 101 heavy (non-hydrogen) atoms. The molecule has 5 aromatic carbocycles. The third-order valence-electron chi connectivity index (χ3n) is 17.8. The Morgan fingerprint density at radius 1 is 0.713 bits per heavy atom. The van der Waals surface area contributed by atoms with E-state index in [1.165, 1.54) is 45.2 Å². The Labute approximate surface area is 584 Å². The first-order valence-electron chi connectivity index (χ1n) is 31.6. The van der Waals surface area contributed by atoms with Crippen molar-refractivity contribution in [1.29, 1.82) is 0 Å². The lowest BCUT2D eigenvalue weighted by Crippen LogP contribution is -2.61. The van der Waals surface area contributed by atoms with Crippen LogP contribution in [-0.4, -0.2) is 191 Å². The van der Waals surface area contributed by atoms with E-state index in [2.05, 4.69) is 37.2 Å². The summed E-state index contributed by atoms with van der Waals surface area (Å²) >= 11 is 14.2. The second-order valence-electron chi connectivity index (χ2n) is 25.7. The third-order valence-corrected chi connectivity index (χ3v) is 18.4. The molecule has 0 saturated carbocycles. The number of aliphatic hydroxyl groups is 6. The lowest BCUT2D eigenvalue weighted by atomic mass is 9.86. The number of carbonyl (C=O) groups excluding carboxylic acids is 7. The van der Waals surface area contributed by atoms with Gasteiger partial charge < -0.3 is 128 Å². The van der Waals surface area contributed by atoms with E-state index >= 15 is 19.2 Å². The Kier molecular flexibility index (Phi) is 22.2. The van der Waals surface area contributed by atoms with Gasteiger partial charge in [-0.15, -0.1) is 0 Å². The Bertz CT molecular complexity index is 4070. The molecule has 0 aromatic heterocycles. The van der Waals surface area contributed by atoms with Crippen molar-refractivity contribution in [2.75, 3.05) is 13.7 Å². The van der Waals surface area contributed by atoms with Crippen molar-refractivity contribution in [2.45, 2.75) is 156 Å². The van der Waals surface area contributed by atoms with Crippen molar-refractivity contribution in [2.24, 2.45) is 17.4 Å². The van der Waals surface area contributed by atoms with Gasteiger partial charge in [-0.25, -0.2) is 4.79 Å². The van der Waals surface area contributed by atoms with Crippen molar-refractivity contribution in [1.82, 2.24) is 37.2 Å². The number of phenolic OH excluding ortho intramolecular Hbond substituents is 3. The summed E-state index contributed by atoms with van der Waals surface area (Å²) in [7, 11) is 1.47. The van der Waals surface area contributed by atoms with E-state index in [0.717, 1.165) is 54.6 Å². The molecule has 33 nitrogen and oxygen atoms in total. The van der Waals surface area contributed by atoms with E-state index in [0.29, 0.717) is 0 Å². The summed E-state index contributed by atoms with van der Waals surface area (Å²) in [5.74, 6) is -16.0. The molecule has 2 saturated heterocycles. The van der Waals surface area contributed by atoms with E-state index in [9.17, 15) is 70.2 Å². The van der Waals surface area contributed by atoms with E-state index in [4.69, 9.17) is 63.1 Å². The zero-order chi connectivity index (χ0) is 73.5. The molecule has 0 radical (unpaired) electrons. The van der Waals surface area contributed by atoms with Crippen LogP contribution in [0.4, 0.5) is 0 Å². The second-order valence-corrected chi connectivity index (χ2v) is 26.5. The number of nitrogens with two attached hydrogens (primary N) is 2. The fourth-order valence-electron chi connectivity index (χ4n) is 12.5. The van der Waals surface area contributed by atoms with E-state index < -0.39 is 231 Å². The van der Waals surface area contributed by atoms with Gasteiger partial charge >= 0.3 is 5.97 Å². The molecule has 0 aliphatic carbocycles. The molecule has 5 aromatic rings. The number of fused-ring (bicyclic) bond motifs is 15. The number of rotatable bonds is 13. The van der Waals surface area contributed by atoms with Crippen molar-refractivity contribution >= 4 is 70.5 Å². The molecule has 3 unspecified atom stereocenters. The first-order valence-corrected chi connectivity index (χ1v) is 32.4. The topological polar surface area (TPSA) is 530 Å². The lowest BCUT2D eigenvalue weighted by molar-refractivity contribution is -0.277. The number of phenols is 3. The SMILES string of the molecule is CN[C@H](CC(C)C)C(=O)N[C@H]1C(=O)N[C@@H](CC(N)=O)C(=O)N[C@H]2C(=O)N[C@H]3C(=O)NC(C(=O)N[C@@H](C(=O)O)c4cc(O)cc(O)c4-c4cc3ccc4O)C(O[C@H]3C[C@](C)(N)[C@@H](O)[C@H](C)O3)c3ccc(c(Cl)c3)Oc3cc2cc(c3OC2O[C@H](CO)[C@@H](O)[C@H](O)[C@H]2O)Oc2ccc(cc2Cl)[C@H]1O. The average molecular weight is 1450 g/mol. The predicted molar refractivity (Wildman–Crippen MR) is 349 cm³/mol. The van der Waals surface area contributed by atoms with Gasteiger partial charge in [0.1, 0.15) is 95.6 Å². The van der Waals surface area contributed by atoms with Crippen LogP contribution in [0, 0.1) is 5.92 Å². The summed E-state index contributed by atoms with van der Waals surface area (Å²) in [5, 5.41) is 129. The molecule has 11 bridgehead atoms. The molecule has 7 aliphatic heterocycles. The van der Waals surface area contributed by atoms with Gasteiger partial charge in [0.15, 0.2) is 23.8 Å². The maximum absolute atomic E-state index is 16.1. The molecular formula is C66H75Cl2N9O24. The van der Waals surface area contributed by atoms with Crippen LogP contribution < -0.4 is 62.9 Å². The fourth-order valence-corrected chi connectivity index (χ4v) is 12.9. The highest BCUT2D eigenvalue weighted by Gasteiger charge is 2.49. The highest BCUT2D eigenvalue weighted by atomic mass is 35.5. The number of carboxylic acid groups (broad SMARTS) is 1. The van der Waals surface area contributed by atoms with Crippen molar-refractivity contribution in [3.05, 3.63) is 117 Å². The molecule has 21 N–H and O–H groups in total. The van der Waals surface area contributed by atoms with Gasteiger partial charge in [0.25, 0.3) is 0 Å². The largest absolute Gasteiger partial charge is 0.508 e. The Morgan fingerprint density at radius 2 is 1.33 bits per heavy atom. The minimum Gasteiger partial charge on any atom is -0.508 e. The van der Waals surface area contributed by atoms with Gasteiger partial charge in [0.05, 0.1) is 41.3 Å². The van der Waals surface area contributed by atoms with Gasteiger partial charge in [-0.1, -0.05) is 55.2 Å². The molecule has 0 spiro atoms. The van der Waals surface area contributed by atoms with Crippen LogP contribution >= 0.6 is 23.2 Å². The van der Waals surface area contributed by atoms with Crippen LogP contribution in [0.1, 0.15) is 105 Å². The number of aliphatic hydroxyl groups excluding tert-OH is 6. The molecule has 7 heterocycles. The quantitative estimate of drug-likeness (QED) is 0.0743. The smallest absolute Gasteiger partial charge is 0.330 e. The Morgan fingerprint density at radius 3 is 1.93 bits per heavy atom. The van der Waals surface area contributed by atoms with Gasteiger partial charge in [-0.3, -0.25) is 33.6 Å². The van der Waals surface area contributed by atoms with E-state index in [1.807, 2.05) is 13.8 Å². The van der Waals surface area contributed by atoms with Crippen LogP contribution in [0.5, 0.6) is 46.0 Å². The summed E-state index contributed by atoms with van der Waals surface area (Å²) in [5.41, 5.74) is 8.15. The van der Waals surface area contributed by atoms with Crippen LogP contribution in [-0.2, 0) is 52.6 Å². The highest BCUT2D eigenvalue weighted by molar-refractivity contribution is 6.32. The number of ether oxygens (including phenoxy) is 6. The first-order chi connectivity index (χ1) is 47.7. The van der Waals surface area contributed by atoms with Crippen molar-refractivity contribution in [3.8, 4) is 57.1 Å². The number of nitrogens with one attached hydrogen (secondary N) is 7. The van der Waals surface area contributed by atoms with Crippen LogP contribution in [0.15, 0.2) is 78.9 Å². The van der Waals surface area contributed by atoms with Crippen LogP contribution in [0.25, 0.3) is 11.1 Å². The third kappa shape index (κ3) is 15.8. The number of aliphatic carboxylic acids is 1. The predicted octanol–water partition coefficient (Wildman–Crippen LogP) is 0.106. The monoisotopic (exact) mass is 1450 g/mol. The van der Waals surface area contributed by atoms with Crippen LogP contribution in [0.3, 0.4) is 0 Å². The Balaban J connectivity index is 1.26. The molecule has 542 valence electrons. The first kappa shape index (κ1) is 74.5. The molecular weight excluding hydrogens is 1370 g/mol. The second kappa shape index (κ2) is 30.2. The number of likely N-dealkylation sites (N-methyl/N-ethyl adjacent to an activating group) is 1. The molecule has 2 fully saturated rings. The summed E-state index contributed by atoms with van der Waals surface area (Å²) in [6, 6.07) is -0.386. The van der Waals surface area contributed by atoms with Crippen molar-refractivity contribution in [3.63, 3.8) is 0 Å². The Hall–Kier alpha value is -9.20. The number of benzene rings is 5. The molecule has 7 amide bonds. The zero-order valence-corrected chi connectivity index (χ0v) is 55.8. The van der Waals surface area contributed by atoms with Gasteiger partial charge in [0, 0.05) is 34.7 Å². The summed E-state index contributed by atoms with van der Waals surface area (Å²) in [6.07, 6.45) is -19.0. The highest BCUT2D eigenvalue weighted by Crippen LogP contribution is 2.50. The summed E-state index contributed by atoms with van der Waals surface area (Å²) in [4.78, 5) is 118. The number of hydrogen-bond acceptors (Lipinski definition) is 25.